The maximum atomic E-state index is 10.5. The van der Waals surface area contributed by atoms with E-state index >= 15 is 0 Å². The first-order valence-electron chi connectivity index (χ1n) is 4.39. The van der Waals surface area contributed by atoms with Crippen LogP contribution in [0.4, 0.5) is 5.82 Å². The van der Waals surface area contributed by atoms with Crippen molar-refractivity contribution in [3.63, 3.8) is 0 Å². The van der Waals surface area contributed by atoms with E-state index in [2.05, 4.69) is 9.97 Å². The summed E-state index contributed by atoms with van der Waals surface area (Å²) in [6.45, 7) is 4.32. The molecule has 1 aromatic heterocycles. The van der Waals surface area contributed by atoms with Gasteiger partial charge in [-0.25, -0.2) is 9.97 Å². The van der Waals surface area contributed by atoms with Crippen LogP contribution in [-0.2, 0) is 4.79 Å². The summed E-state index contributed by atoms with van der Waals surface area (Å²) in [5, 5.41) is 8.66. The van der Waals surface area contributed by atoms with E-state index in [1.165, 1.54) is 6.33 Å². The van der Waals surface area contributed by atoms with Crippen molar-refractivity contribution in [2.45, 2.75) is 13.8 Å². The summed E-state index contributed by atoms with van der Waals surface area (Å²) in [6, 6.07) is 1.77. The molecular weight excluding hydrogens is 182 g/mol. The van der Waals surface area contributed by atoms with Gasteiger partial charge in [0.05, 0.1) is 0 Å². The van der Waals surface area contributed by atoms with Crippen LogP contribution in [0.2, 0.25) is 0 Å². The SMILES string of the molecule is CCN(CC(=O)O)c1cc(C)ncn1. The highest BCUT2D eigenvalue weighted by atomic mass is 16.4. The number of carboxylic acid groups (broad SMARTS) is 1. The number of carbonyl (C=O) groups is 1. The van der Waals surface area contributed by atoms with Crippen LogP contribution in [0.3, 0.4) is 0 Å². The number of hydrogen-bond donors (Lipinski definition) is 1. The second-order valence-electron chi connectivity index (χ2n) is 2.93. The van der Waals surface area contributed by atoms with E-state index in [0.717, 1.165) is 5.69 Å². The third-order valence-electron chi connectivity index (χ3n) is 1.82. The summed E-state index contributed by atoms with van der Waals surface area (Å²) in [6.07, 6.45) is 1.44. The lowest BCUT2D eigenvalue weighted by molar-refractivity contribution is -0.135. The van der Waals surface area contributed by atoms with E-state index in [1.807, 2.05) is 13.8 Å². The topological polar surface area (TPSA) is 66.3 Å². The minimum atomic E-state index is -0.858. The molecule has 0 amide bonds. The molecule has 0 fully saturated rings. The van der Waals surface area contributed by atoms with Gasteiger partial charge in [0.15, 0.2) is 0 Å². The Morgan fingerprint density at radius 3 is 2.79 bits per heavy atom. The molecule has 1 aromatic rings. The maximum Gasteiger partial charge on any atom is 0.323 e. The fourth-order valence-electron chi connectivity index (χ4n) is 1.13. The summed E-state index contributed by atoms with van der Waals surface area (Å²) >= 11 is 0. The first-order chi connectivity index (χ1) is 6.63. The largest absolute Gasteiger partial charge is 0.480 e. The lowest BCUT2D eigenvalue weighted by Crippen LogP contribution is -2.30. The van der Waals surface area contributed by atoms with Crippen LogP contribution in [0.15, 0.2) is 12.4 Å². The minimum absolute atomic E-state index is 0.0348. The monoisotopic (exact) mass is 195 g/mol. The zero-order valence-electron chi connectivity index (χ0n) is 8.27. The fraction of sp³-hybridized carbons (Fsp3) is 0.444. The van der Waals surface area contributed by atoms with Gasteiger partial charge >= 0.3 is 5.97 Å². The molecule has 0 aromatic carbocycles. The molecule has 0 aliphatic heterocycles. The molecule has 14 heavy (non-hydrogen) atoms. The Bertz CT molecular complexity index is 328. The van der Waals surface area contributed by atoms with Crippen LogP contribution >= 0.6 is 0 Å². The van der Waals surface area contributed by atoms with Crippen LogP contribution in [0.5, 0.6) is 0 Å². The normalized spacial score (nSPS) is 9.86. The molecule has 0 bridgehead atoms. The molecule has 0 aliphatic rings. The fourth-order valence-corrected chi connectivity index (χ4v) is 1.13. The molecule has 0 saturated heterocycles. The maximum absolute atomic E-state index is 10.5. The number of rotatable bonds is 4. The molecule has 5 heteroatoms. The highest BCUT2D eigenvalue weighted by Gasteiger charge is 2.09. The van der Waals surface area contributed by atoms with Gasteiger partial charge in [0.2, 0.25) is 0 Å². The lowest BCUT2D eigenvalue weighted by Gasteiger charge is -2.19. The van der Waals surface area contributed by atoms with Gasteiger partial charge in [-0.2, -0.15) is 0 Å². The number of aromatic nitrogens is 2. The van der Waals surface area contributed by atoms with Gasteiger partial charge < -0.3 is 10.0 Å². The van der Waals surface area contributed by atoms with E-state index in [1.54, 1.807) is 11.0 Å². The molecule has 0 atom stereocenters. The molecule has 76 valence electrons. The van der Waals surface area contributed by atoms with Gasteiger partial charge in [0.1, 0.15) is 18.7 Å². The Labute approximate surface area is 82.4 Å². The standard InChI is InChI=1S/C9H13N3O2/c1-3-12(5-9(13)14)8-4-7(2)10-6-11-8/h4,6H,3,5H2,1-2H3,(H,13,14). The molecule has 0 radical (unpaired) electrons. The molecule has 1 N–H and O–H groups in total. The molecular formula is C9H13N3O2. The Kier molecular flexibility index (Phi) is 3.39. The van der Waals surface area contributed by atoms with Gasteiger partial charge in [0, 0.05) is 18.3 Å². The van der Waals surface area contributed by atoms with Crippen molar-refractivity contribution in [2.75, 3.05) is 18.0 Å². The molecule has 1 heterocycles. The third-order valence-corrected chi connectivity index (χ3v) is 1.82. The van der Waals surface area contributed by atoms with Gasteiger partial charge in [-0.05, 0) is 13.8 Å². The molecule has 0 unspecified atom stereocenters. The lowest BCUT2D eigenvalue weighted by atomic mass is 10.4. The predicted octanol–water partition coefficient (Wildman–Crippen LogP) is 0.696. The number of likely N-dealkylation sites (N-methyl/N-ethyl adjacent to an activating group) is 1. The Hall–Kier alpha value is -1.65. The van der Waals surface area contributed by atoms with Crippen molar-refractivity contribution >= 4 is 11.8 Å². The van der Waals surface area contributed by atoms with E-state index in [-0.39, 0.29) is 6.54 Å². The van der Waals surface area contributed by atoms with Gasteiger partial charge in [-0.1, -0.05) is 0 Å². The quantitative estimate of drug-likeness (QED) is 0.765. The van der Waals surface area contributed by atoms with E-state index in [9.17, 15) is 4.79 Å². The van der Waals surface area contributed by atoms with Crippen molar-refractivity contribution in [1.82, 2.24) is 9.97 Å². The number of anilines is 1. The van der Waals surface area contributed by atoms with Crippen molar-refractivity contribution in [1.29, 1.82) is 0 Å². The minimum Gasteiger partial charge on any atom is -0.480 e. The van der Waals surface area contributed by atoms with Crippen LogP contribution in [0.25, 0.3) is 0 Å². The summed E-state index contributed by atoms with van der Waals surface area (Å²) in [5.41, 5.74) is 0.832. The zero-order valence-corrected chi connectivity index (χ0v) is 8.27. The summed E-state index contributed by atoms with van der Waals surface area (Å²) in [7, 11) is 0. The average Bonchev–Trinajstić information content (AvgIpc) is 2.14. The van der Waals surface area contributed by atoms with Gasteiger partial charge in [-0.15, -0.1) is 0 Å². The van der Waals surface area contributed by atoms with Crippen molar-refractivity contribution in [3.8, 4) is 0 Å². The first kappa shape index (κ1) is 10.4. The van der Waals surface area contributed by atoms with Crippen molar-refractivity contribution in [2.24, 2.45) is 0 Å². The second-order valence-corrected chi connectivity index (χ2v) is 2.93. The smallest absolute Gasteiger partial charge is 0.323 e. The number of carboxylic acids is 1. The molecule has 0 spiro atoms. The van der Waals surface area contributed by atoms with Gasteiger partial charge in [0.25, 0.3) is 0 Å². The van der Waals surface area contributed by atoms with Crippen molar-refractivity contribution in [3.05, 3.63) is 18.1 Å². The summed E-state index contributed by atoms with van der Waals surface area (Å²) < 4.78 is 0. The molecule has 5 nitrogen and oxygen atoms in total. The zero-order chi connectivity index (χ0) is 10.6. The Morgan fingerprint density at radius 1 is 1.57 bits per heavy atom. The average molecular weight is 195 g/mol. The Balaban J connectivity index is 2.83. The highest BCUT2D eigenvalue weighted by molar-refractivity contribution is 5.73. The van der Waals surface area contributed by atoms with E-state index < -0.39 is 5.97 Å². The summed E-state index contributed by atoms with van der Waals surface area (Å²) in [4.78, 5) is 20.2. The third kappa shape index (κ3) is 2.69. The summed E-state index contributed by atoms with van der Waals surface area (Å²) in [5.74, 6) is -0.203. The highest BCUT2D eigenvalue weighted by Crippen LogP contribution is 2.09. The first-order valence-corrected chi connectivity index (χ1v) is 4.39. The molecule has 0 aliphatic carbocycles. The van der Waals surface area contributed by atoms with Crippen molar-refractivity contribution < 1.29 is 9.90 Å². The van der Waals surface area contributed by atoms with E-state index in [0.29, 0.717) is 12.4 Å². The number of aryl methyl sites for hydroxylation is 1. The van der Waals surface area contributed by atoms with Crippen LogP contribution in [0.1, 0.15) is 12.6 Å². The van der Waals surface area contributed by atoms with Crippen LogP contribution < -0.4 is 4.90 Å². The van der Waals surface area contributed by atoms with E-state index in [4.69, 9.17) is 5.11 Å². The predicted molar refractivity (Wildman–Crippen MR) is 52.3 cm³/mol. The number of hydrogen-bond acceptors (Lipinski definition) is 4. The van der Waals surface area contributed by atoms with Crippen LogP contribution in [-0.4, -0.2) is 34.1 Å². The number of nitrogens with zero attached hydrogens (tertiary/aromatic N) is 3. The van der Waals surface area contributed by atoms with Crippen LogP contribution in [0, 0.1) is 6.92 Å². The molecule has 0 saturated carbocycles. The molecule has 1 rings (SSSR count). The second kappa shape index (κ2) is 4.55. The number of aliphatic carboxylic acids is 1. The van der Waals surface area contributed by atoms with Gasteiger partial charge in [-0.3, -0.25) is 4.79 Å². The Morgan fingerprint density at radius 2 is 2.29 bits per heavy atom.